The van der Waals surface area contributed by atoms with Gasteiger partial charge in [0.2, 0.25) is 0 Å². The molecule has 33 heavy (non-hydrogen) atoms. The average Bonchev–Trinajstić information content (AvgIpc) is 3.22. The van der Waals surface area contributed by atoms with Crippen molar-refractivity contribution in [2.24, 2.45) is 0 Å². The van der Waals surface area contributed by atoms with E-state index >= 15 is 0 Å². The highest BCUT2D eigenvalue weighted by Crippen LogP contribution is 2.18. The maximum Gasteiger partial charge on any atom is 0.261 e. The van der Waals surface area contributed by atoms with Crippen LogP contribution < -0.4 is 10.9 Å². The minimum Gasteiger partial charge on any atom is -0.307 e. The SMILES string of the molecule is O=C(Nc1ccnn1Cc1ccc(Cl)cc1)c1ccc2c(=O)n3c(nc2c1)CCCCCC3. The highest BCUT2D eigenvalue weighted by molar-refractivity contribution is 6.30. The fourth-order valence-corrected chi connectivity index (χ4v) is 4.38. The third kappa shape index (κ3) is 4.54. The van der Waals surface area contributed by atoms with Gasteiger partial charge in [0.15, 0.2) is 0 Å². The summed E-state index contributed by atoms with van der Waals surface area (Å²) < 4.78 is 3.52. The lowest BCUT2D eigenvalue weighted by molar-refractivity contribution is 0.102. The van der Waals surface area contributed by atoms with Crippen molar-refractivity contribution in [1.82, 2.24) is 19.3 Å². The van der Waals surface area contributed by atoms with Crippen LogP contribution in [0.15, 0.2) is 59.5 Å². The van der Waals surface area contributed by atoms with E-state index in [1.54, 1.807) is 39.7 Å². The highest BCUT2D eigenvalue weighted by atomic mass is 35.5. The molecule has 2 aromatic carbocycles. The molecule has 3 heterocycles. The van der Waals surface area contributed by atoms with Gasteiger partial charge in [0, 0.05) is 29.6 Å². The Bertz CT molecular complexity index is 1370. The van der Waals surface area contributed by atoms with Crippen molar-refractivity contribution in [2.45, 2.75) is 45.2 Å². The number of hydrogen-bond donors (Lipinski definition) is 1. The molecule has 5 rings (SSSR count). The van der Waals surface area contributed by atoms with Crippen LogP contribution in [-0.2, 0) is 19.5 Å². The van der Waals surface area contributed by atoms with Crippen molar-refractivity contribution in [2.75, 3.05) is 5.32 Å². The van der Waals surface area contributed by atoms with E-state index in [1.165, 1.54) is 0 Å². The van der Waals surface area contributed by atoms with Gasteiger partial charge in [0.1, 0.15) is 11.6 Å². The Balaban J connectivity index is 1.40. The fourth-order valence-electron chi connectivity index (χ4n) is 4.25. The lowest BCUT2D eigenvalue weighted by Crippen LogP contribution is -2.26. The first kappa shape index (κ1) is 21.4. The molecule has 0 unspecified atom stereocenters. The maximum atomic E-state index is 13.0. The lowest BCUT2D eigenvalue weighted by atomic mass is 10.1. The van der Waals surface area contributed by atoms with Crippen LogP contribution in [0.25, 0.3) is 10.9 Å². The zero-order valence-electron chi connectivity index (χ0n) is 18.1. The molecule has 0 fully saturated rings. The summed E-state index contributed by atoms with van der Waals surface area (Å²) >= 11 is 5.96. The second kappa shape index (κ2) is 9.19. The van der Waals surface area contributed by atoms with Crippen molar-refractivity contribution in [1.29, 1.82) is 0 Å². The number of carbonyl (C=O) groups excluding carboxylic acids is 1. The number of benzene rings is 2. The van der Waals surface area contributed by atoms with Crippen LogP contribution in [0, 0.1) is 0 Å². The fraction of sp³-hybridized carbons (Fsp3) is 0.280. The summed E-state index contributed by atoms with van der Waals surface area (Å²) in [7, 11) is 0. The predicted molar refractivity (Wildman–Crippen MR) is 129 cm³/mol. The molecule has 4 aromatic rings. The number of nitrogens with one attached hydrogen (secondary N) is 1. The van der Waals surface area contributed by atoms with E-state index < -0.39 is 0 Å². The van der Waals surface area contributed by atoms with Gasteiger partial charge in [-0.25, -0.2) is 9.67 Å². The number of nitrogens with zero attached hydrogens (tertiary/aromatic N) is 4. The molecule has 8 heteroatoms. The third-order valence-corrected chi connectivity index (χ3v) is 6.28. The van der Waals surface area contributed by atoms with Gasteiger partial charge in [-0.2, -0.15) is 5.10 Å². The number of rotatable bonds is 4. The number of amides is 1. The van der Waals surface area contributed by atoms with E-state index in [9.17, 15) is 9.59 Å². The summed E-state index contributed by atoms with van der Waals surface area (Å²) in [5.41, 5.74) is 2.01. The van der Waals surface area contributed by atoms with E-state index in [-0.39, 0.29) is 11.5 Å². The Kier molecular flexibility index (Phi) is 5.96. The summed E-state index contributed by atoms with van der Waals surface area (Å²) in [5, 5.41) is 8.46. The van der Waals surface area contributed by atoms with Gasteiger partial charge in [0.05, 0.1) is 23.6 Å². The molecule has 0 atom stereocenters. The summed E-state index contributed by atoms with van der Waals surface area (Å²) in [4.78, 5) is 30.8. The molecule has 2 aromatic heterocycles. The van der Waals surface area contributed by atoms with Crippen LogP contribution in [0.4, 0.5) is 5.82 Å². The molecule has 0 spiro atoms. The van der Waals surface area contributed by atoms with Crippen LogP contribution in [0.1, 0.15) is 47.4 Å². The number of hydrogen-bond acceptors (Lipinski definition) is 4. The first-order chi connectivity index (χ1) is 16.1. The smallest absolute Gasteiger partial charge is 0.261 e. The van der Waals surface area contributed by atoms with E-state index in [0.717, 1.165) is 43.5 Å². The first-order valence-electron chi connectivity index (χ1n) is 11.2. The molecular weight excluding hydrogens is 438 g/mol. The van der Waals surface area contributed by atoms with Crippen molar-refractivity contribution in [3.05, 3.63) is 87.1 Å². The Morgan fingerprint density at radius 2 is 1.85 bits per heavy atom. The van der Waals surface area contributed by atoms with Crippen LogP contribution in [-0.4, -0.2) is 25.2 Å². The largest absolute Gasteiger partial charge is 0.307 e. The predicted octanol–water partition coefficient (Wildman–Crippen LogP) is 4.66. The molecule has 168 valence electrons. The van der Waals surface area contributed by atoms with E-state index in [1.807, 2.05) is 24.3 Å². The zero-order chi connectivity index (χ0) is 22.8. The quantitative estimate of drug-likeness (QED) is 0.479. The zero-order valence-corrected chi connectivity index (χ0v) is 18.9. The molecule has 1 aliphatic rings. The number of aromatic nitrogens is 4. The van der Waals surface area contributed by atoms with Gasteiger partial charge < -0.3 is 5.32 Å². The van der Waals surface area contributed by atoms with Gasteiger partial charge in [-0.05, 0) is 48.7 Å². The monoisotopic (exact) mass is 461 g/mol. The van der Waals surface area contributed by atoms with Crippen molar-refractivity contribution in [3.8, 4) is 0 Å². The summed E-state index contributed by atoms with van der Waals surface area (Å²) in [5.74, 6) is 1.12. The number of fused-ring (bicyclic) bond motifs is 2. The number of halogens is 1. The summed E-state index contributed by atoms with van der Waals surface area (Å²) in [6, 6.07) is 14.3. The molecule has 1 N–H and O–H groups in total. The molecule has 0 radical (unpaired) electrons. The Morgan fingerprint density at radius 1 is 1.03 bits per heavy atom. The highest BCUT2D eigenvalue weighted by Gasteiger charge is 2.16. The molecule has 1 aliphatic heterocycles. The first-order valence-corrected chi connectivity index (χ1v) is 11.6. The van der Waals surface area contributed by atoms with Crippen molar-refractivity contribution >= 4 is 34.2 Å². The Hall–Kier alpha value is -3.45. The lowest BCUT2D eigenvalue weighted by Gasteiger charge is -2.16. The second-order valence-electron chi connectivity index (χ2n) is 8.34. The molecule has 0 saturated heterocycles. The normalized spacial score (nSPS) is 13.8. The van der Waals surface area contributed by atoms with Gasteiger partial charge in [-0.3, -0.25) is 14.2 Å². The van der Waals surface area contributed by atoms with Crippen LogP contribution in [0.5, 0.6) is 0 Å². The Labute approximate surface area is 196 Å². The van der Waals surface area contributed by atoms with E-state index in [0.29, 0.717) is 40.4 Å². The van der Waals surface area contributed by atoms with Crippen LogP contribution in [0.2, 0.25) is 5.02 Å². The number of carbonyl (C=O) groups is 1. The van der Waals surface area contributed by atoms with E-state index in [4.69, 9.17) is 16.6 Å². The standard InChI is InChI=1S/C25H24ClN5O2/c26-19-9-6-17(7-10-19)16-31-23(12-13-27-31)29-24(32)18-8-11-20-21(15-18)28-22-5-3-1-2-4-14-30(22)25(20)33/h6-13,15H,1-5,14,16H2,(H,29,32). The van der Waals surface area contributed by atoms with Gasteiger partial charge in [-0.15, -0.1) is 0 Å². The minimum atomic E-state index is -0.275. The summed E-state index contributed by atoms with van der Waals surface area (Å²) in [6.45, 7) is 1.21. The number of aryl methyl sites for hydroxylation is 1. The Morgan fingerprint density at radius 3 is 2.70 bits per heavy atom. The number of anilines is 1. The molecular formula is C25H24ClN5O2. The van der Waals surface area contributed by atoms with Crippen LogP contribution in [0.3, 0.4) is 0 Å². The van der Waals surface area contributed by atoms with Gasteiger partial charge >= 0.3 is 0 Å². The van der Waals surface area contributed by atoms with Crippen molar-refractivity contribution < 1.29 is 4.79 Å². The average molecular weight is 462 g/mol. The van der Waals surface area contributed by atoms with Crippen molar-refractivity contribution in [3.63, 3.8) is 0 Å². The second-order valence-corrected chi connectivity index (χ2v) is 8.77. The third-order valence-electron chi connectivity index (χ3n) is 6.03. The van der Waals surface area contributed by atoms with Gasteiger partial charge in [0.25, 0.3) is 11.5 Å². The van der Waals surface area contributed by atoms with Gasteiger partial charge in [-0.1, -0.05) is 36.6 Å². The minimum absolute atomic E-state index is 0.0232. The molecule has 7 nitrogen and oxygen atoms in total. The van der Waals surface area contributed by atoms with E-state index in [2.05, 4.69) is 10.4 Å². The molecule has 0 saturated carbocycles. The topological polar surface area (TPSA) is 81.8 Å². The maximum absolute atomic E-state index is 13.0. The summed E-state index contributed by atoms with van der Waals surface area (Å²) in [6.07, 6.45) is 6.73. The molecule has 0 bridgehead atoms. The molecule has 1 amide bonds. The molecule has 0 aliphatic carbocycles. The van der Waals surface area contributed by atoms with Crippen LogP contribution >= 0.6 is 11.6 Å².